The Morgan fingerprint density at radius 2 is 1.72 bits per heavy atom. The number of aliphatic imine (C=N–C) groups is 1. The van der Waals surface area contributed by atoms with Gasteiger partial charge in [-0.2, -0.15) is 0 Å². The molecule has 0 aliphatic rings. The third kappa shape index (κ3) is 10.3. The molecule has 0 fully saturated rings. The Hall–Kier alpha value is -2.33. The molecule has 32 heavy (non-hydrogen) atoms. The number of hydrogen-bond donors (Lipinski definition) is 3. The predicted molar refractivity (Wildman–Crippen MR) is 140 cm³/mol. The molecule has 0 radical (unpaired) electrons. The lowest BCUT2D eigenvalue weighted by molar-refractivity contribution is 0.0954. The van der Waals surface area contributed by atoms with Gasteiger partial charge in [0.25, 0.3) is 5.91 Å². The summed E-state index contributed by atoms with van der Waals surface area (Å²) in [5, 5.41) is 9.38. The Morgan fingerprint density at radius 1 is 0.969 bits per heavy atom. The van der Waals surface area contributed by atoms with Gasteiger partial charge in [0.15, 0.2) is 5.96 Å². The topological polar surface area (TPSA) is 84.0 Å². The molecule has 0 aliphatic carbocycles. The second-order valence-corrected chi connectivity index (χ2v) is 6.90. The predicted octanol–water partition coefficient (Wildman–Crippen LogP) is 3.51. The van der Waals surface area contributed by atoms with Gasteiger partial charge in [-0.3, -0.25) is 4.79 Å². The molecule has 0 spiro atoms. The van der Waals surface area contributed by atoms with Gasteiger partial charge in [0, 0.05) is 37.4 Å². The fourth-order valence-corrected chi connectivity index (χ4v) is 2.84. The lowest BCUT2D eigenvalue weighted by Crippen LogP contribution is -2.41. The Kier molecular flexibility index (Phi) is 14.1. The van der Waals surface area contributed by atoms with E-state index in [1.165, 1.54) is 0 Å². The lowest BCUT2D eigenvalue weighted by atomic mass is 10.1. The fourth-order valence-electron chi connectivity index (χ4n) is 2.84. The van der Waals surface area contributed by atoms with Crippen LogP contribution in [0.15, 0.2) is 53.5 Å². The van der Waals surface area contributed by atoms with Crippen molar-refractivity contribution in [3.63, 3.8) is 0 Å². The van der Waals surface area contributed by atoms with E-state index in [9.17, 15) is 4.79 Å². The Labute approximate surface area is 208 Å². The van der Waals surface area contributed by atoms with Crippen LogP contribution in [-0.2, 0) is 11.3 Å². The molecule has 0 aliphatic heterocycles. The van der Waals surface area contributed by atoms with Crippen molar-refractivity contribution in [2.75, 3.05) is 39.5 Å². The molecule has 0 heterocycles. The standard InChI is InChI=1S/C24H34N4O3.HI/c1-4-25-24(27-14-13-26-23(29)20-9-7-6-8-10-20)28-18-21-12-11-19(3)17-22(21)31-16-15-30-5-2;/h6-12,17H,4-5,13-16,18H2,1-3H3,(H,26,29)(H2,25,27,28);1H. The quantitative estimate of drug-likeness (QED) is 0.162. The van der Waals surface area contributed by atoms with Crippen molar-refractivity contribution in [3.05, 3.63) is 65.2 Å². The summed E-state index contributed by atoms with van der Waals surface area (Å²) in [6.45, 7) is 10.1. The number of nitrogens with one attached hydrogen (secondary N) is 3. The van der Waals surface area contributed by atoms with E-state index in [4.69, 9.17) is 9.47 Å². The molecule has 0 saturated heterocycles. The minimum absolute atomic E-state index is 0. The van der Waals surface area contributed by atoms with Gasteiger partial charge in [0.05, 0.1) is 13.2 Å². The van der Waals surface area contributed by atoms with E-state index in [0.717, 1.165) is 23.4 Å². The molecule has 0 bridgehead atoms. The molecule has 0 aromatic heterocycles. The zero-order chi connectivity index (χ0) is 22.3. The number of carbonyl (C=O) groups excluding carboxylic acids is 1. The first-order chi connectivity index (χ1) is 15.1. The number of nitrogens with zero attached hydrogens (tertiary/aromatic N) is 1. The molecule has 3 N–H and O–H groups in total. The van der Waals surface area contributed by atoms with Crippen LogP contribution < -0.4 is 20.7 Å². The molecule has 0 unspecified atom stereocenters. The number of ether oxygens (including phenoxy) is 2. The number of benzene rings is 2. The van der Waals surface area contributed by atoms with Crippen molar-refractivity contribution in [2.45, 2.75) is 27.3 Å². The van der Waals surface area contributed by atoms with Gasteiger partial charge < -0.3 is 25.4 Å². The number of hydrogen-bond acceptors (Lipinski definition) is 4. The fraction of sp³-hybridized carbons (Fsp3) is 0.417. The van der Waals surface area contributed by atoms with Crippen LogP contribution in [0.1, 0.15) is 35.3 Å². The van der Waals surface area contributed by atoms with Gasteiger partial charge in [-0.1, -0.05) is 30.3 Å². The van der Waals surface area contributed by atoms with E-state index in [-0.39, 0.29) is 29.9 Å². The minimum Gasteiger partial charge on any atom is -0.491 e. The molecule has 0 atom stereocenters. The number of aryl methyl sites for hydroxylation is 1. The zero-order valence-corrected chi connectivity index (χ0v) is 21.5. The number of halogens is 1. The van der Waals surface area contributed by atoms with Crippen LogP contribution in [-0.4, -0.2) is 51.3 Å². The van der Waals surface area contributed by atoms with Crippen molar-refractivity contribution in [1.29, 1.82) is 0 Å². The highest BCUT2D eigenvalue weighted by atomic mass is 127. The monoisotopic (exact) mass is 554 g/mol. The van der Waals surface area contributed by atoms with E-state index < -0.39 is 0 Å². The average molecular weight is 554 g/mol. The minimum atomic E-state index is -0.0853. The number of carbonyl (C=O) groups is 1. The molecular weight excluding hydrogens is 519 g/mol. The molecule has 2 aromatic carbocycles. The second kappa shape index (κ2) is 16.3. The van der Waals surface area contributed by atoms with E-state index in [1.54, 1.807) is 12.1 Å². The first-order valence-corrected chi connectivity index (χ1v) is 10.8. The first-order valence-electron chi connectivity index (χ1n) is 10.8. The summed E-state index contributed by atoms with van der Waals surface area (Å²) in [4.78, 5) is 16.8. The van der Waals surface area contributed by atoms with Crippen LogP contribution >= 0.6 is 24.0 Å². The van der Waals surface area contributed by atoms with Crippen LogP contribution in [0.5, 0.6) is 5.75 Å². The van der Waals surface area contributed by atoms with Crippen molar-refractivity contribution < 1.29 is 14.3 Å². The SMILES string of the molecule is CCNC(=NCc1ccc(C)cc1OCCOCC)NCCNC(=O)c1ccccc1.I. The third-order valence-electron chi connectivity index (χ3n) is 4.40. The highest BCUT2D eigenvalue weighted by Crippen LogP contribution is 2.21. The van der Waals surface area contributed by atoms with Crippen LogP contribution in [0, 0.1) is 6.92 Å². The molecule has 176 valence electrons. The normalized spacial score (nSPS) is 10.8. The molecular formula is C24H35IN4O3. The average Bonchev–Trinajstić information content (AvgIpc) is 2.79. The Balaban J connectivity index is 0.00000512. The summed E-state index contributed by atoms with van der Waals surface area (Å²) in [7, 11) is 0. The van der Waals surface area contributed by atoms with Crippen molar-refractivity contribution >= 4 is 35.8 Å². The van der Waals surface area contributed by atoms with Crippen LogP contribution in [0.2, 0.25) is 0 Å². The van der Waals surface area contributed by atoms with Crippen LogP contribution in [0.4, 0.5) is 0 Å². The Morgan fingerprint density at radius 3 is 2.44 bits per heavy atom. The summed E-state index contributed by atoms with van der Waals surface area (Å²) >= 11 is 0. The third-order valence-corrected chi connectivity index (χ3v) is 4.40. The van der Waals surface area contributed by atoms with Gasteiger partial charge in [-0.05, 0) is 44.5 Å². The maximum atomic E-state index is 12.1. The number of guanidine groups is 1. The zero-order valence-electron chi connectivity index (χ0n) is 19.1. The molecule has 7 nitrogen and oxygen atoms in total. The summed E-state index contributed by atoms with van der Waals surface area (Å²) in [6, 6.07) is 15.3. The largest absolute Gasteiger partial charge is 0.491 e. The maximum Gasteiger partial charge on any atom is 0.251 e. The van der Waals surface area contributed by atoms with E-state index in [2.05, 4.69) is 27.0 Å². The van der Waals surface area contributed by atoms with Gasteiger partial charge in [0.2, 0.25) is 0 Å². The van der Waals surface area contributed by atoms with Gasteiger partial charge >= 0.3 is 0 Å². The highest BCUT2D eigenvalue weighted by molar-refractivity contribution is 14.0. The maximum absolute atomic E-state index is 12.1. The summed E-state index contributed by atoms with van der Waals surface area (Å²) in [5.74, 6) is 1.43. The van der Waals surface area contributed by atoms with Crippen LogP contribution in [0.3, 0.4) is 0 Å². The van der Waals surface area contributed by atoms with E-state index in [0.29, 0.717) is 51.0 Å². The summed E-state index contributed by atoms with van der Waals surface area (Å²) in [6.07, 6.45) is 0. The van der Waals surface area contributed by atoms with E-state index in [1.807, 2.05) is 51.1 Å². The smallest absolute Gasteiger partial charge is 0.251 e. The number of rotatable bonds is 12. The van der Waals surface area contributed by atoms with Crippen LogP contribution in [0.25, 0.3) is 0 Å². The van der Waals surface area contributed by atoms with Gasteiger partial charge in [0.1, 0.15) is 12.4 Å². The van der Waals surface area contributed by atoms with E-state index >= 15 is 0 Å². The lowest BCUT2D eigenvalue weighted by Gasteiger charge is -2.14. The summed E-state index contributed by atoms with van der Waals surface area (Å²) < 4.78 is 11.2. The van der Waals surface area contributed by atoms with Gasteiger partial charge in [-0.15, -0.1) is 24.0 Å². The number of amides is 1. The molecule has 8 heteroatoms. The molecule has 0 saturated carbocycles. The van der Waals surface area contributed by atoms with Crippen molar-refractivity contribution in [1.82, 2.24) is 16.0 Å². The van der Waals surface area contributed by atoms with Gasteiger partial charge in [-0.25, -0.2) is 4.99 Å². The summed E-state index contributed by atoms with van der Waals surface area (Å²) in [5.41, 5.74) is 2.80. The Bertz CT molecular complexity index is 831. The highest BCUT2D eigenvalue weighted by Gasteiger charge is 2.06. The molecule has 2 rings (SSSR count). The molecule has 2 aromatic rings. The molecule has 1 amide bonds. The van der Waals surface area contributed by atoms with Crippen molar-refractivity contribution in [2.24, 2.45) is 4.99 Å². The van der Waals surface area contributed by atoms with Crippen molar-refractivity contribution in [3.8, 4) is 5.75 Å². The first kappa shape index (κ1) is 27.7. The second-order valence-electron chi connectivity index (χ2n) is 6.90.